The summed E-state index contributed by atoms with van der Waals surface area (Å²) in [5.41, 5.74) is 5.75. The lowest BCUT2D eigenvalue weighted by Gasteiger charge is -2.16. The fraction of sp³-hybridized carbons (Fsp3) is 0.259. The first-order valence-electron chi connectivity index (χ1n) is 12.5. The van der Waals surface area contributed by atoms with Crippen molar-refractivity contribution in [3.05, 3.63) is 76.8 Å². The lowest BCUT2D eigenvalue weighted by Crippen LogP contribution is -2.24. The molecule has 0 fully saturated rings. The Morgan fingerprint density at radius 3 is 2.54 bits per heavy atom. The number of hydrogen-bond acceptors (Lipinski definition) is 8. The van der Waals surface area contributed by atoms with Gasteiger partial charge in [0.1, 0.15) is 29.9 Å². The second kappa shape index (κ2) is 13.1. The summed E-state index contributed by atoms with van der Waals surface area (Å²) in [6.07, 6.45) is -1.02. The Balaban J connectivity index is 1.45. The molecule has 0 spiro atoms. The summed E-state index contributed by atoms with van der Waals surface area (Å²) in [6.45, 7) is 1.92. The van der Waals surface area contributed by atoms with Gasteiger partial charge in [-0.3, -0.25) is 4.79 Å². The number of urea groups is 1. The van der Waals surface area contributed by atoms with Crippen LogP contribution < -0.4 is 31.8 Å². The van der Waals surface area contributed by atoms with E-state index in [1.165, 1.54) is 24.7 Å². The molecule has 2 aromatic carbocycles. The van der Waals surface area contributed by atoms with Gasteiger partial charge in [0.2, 0.25) is 0 Å². The maximum absolute atomic E-state index is 13.3. The highest BCUT2D eigenvalue weighted by Gasteiger charge is 2.31. The highest BCUT2D eigenvalue weighted by molar-refractivity contribution is 6.00. The summed E-state index contributed by atoms with van der Waals surface area (Å²) >= 11 is 0. The van der Waals surface area contributed by atoms with Crippen LogP contribution in [0.1, 0.15) is 12.0 Å². The molecule has 0 radical (unpaired) electrons. The number of nitrogens with two attached hydrogens (primary N) is 1. The molecule has 0 saturated carbocycles. The van der Waals surface area contributed by atoms with Gasteiger partial charge in [0, 0.05) is 43.9 Å². The molecule has 0 aliphatic rings. The third kappa shape index (κ3) is 7.49. The summed E-state index contributed by atoms with van der Waals surface area (Å²) in [5.74, 6) is 0.147. The predicted molar refractivity (Wildman–Crippen MR) is 148 cm³/mol. The number of fused-ring (bicyclic) bond motifs is 1. The van der Waals surface area contributed by atoms with Crippen LogP contribution in [0, 0.1) is 0 Å². The summed E-state index contributed by atoms with van der Waals surface area (Å²) in [7, 11) is 1.61. The fourth-order valence-corrected chi connectivity index (χ4v) is 3.93. The zero-order valence-corrected chi connectivity index (χ0v) is 22.0. The Morgan fingerprint density at radius 1 is 1.02 bits per heavy atom. The number of nitrogen functional groups attached to an aromatic ring is 1. The van der Waals surface area contributed by atoms with Gasteiger partial charge >= 0.3 is 12.2 Å². The number of nitrogens with one attached hydrogen (secondary N) is 3. The van der Waals surface area contributed by atoms with Crippen LogP contribution in [0.3, 0.4) is 0 Å². The van der Waals surface area contributed by atoms with Gasteiger partial charge in [-0.15, -0.1) is 0 Å². The van der Waals surface area contributed by atoms with E-state index in [-0.39, 0.29) is 34.7 Å². The Morgan fingerprint density at radius 2 is 1.80 bits per heavy atom. The molecule has 11 nitrogen and oxygen atoms in total. The zero-order valence-electron chi connectivity index (χ0n) is 22.0. The number of carbonyl (C=O) groups is 1. The Labute approximate surface area is 232 Å². The number of halogens is 3. The molecule has 0 aliphatic carbocycles. The van der Waals surface area contributed by atoms with Crippen LogP contribution in [-0.4, -0.2) is 54.0 Å². The highest BCUT2D eigenvalue weighted by atomic mass is 19.4. The highest BCUT2D eigenvalue weighted by Crippen LogP contribution is 2.35. The number of pyridine rings is 1. The molecule has 2 heterocycles. The van der Waals surface area contributed by atoms with Crippen molar-refractivity contribution in [2.75, 3.05) is 49.8 Å². The van der Waals surface area contributed by atoms with Crippen LogP contribution in [0.25, 0.3) is 16.7 Å². The van der Waals surface area contributed by atoms with Crippen molar-refractivity contribution < 1.29 is 27.4 Å². The predicted octanol–water partition coefficient (Wildman–Crippen LogP) is 4.03. The molecule has 2 aromatic heterocycles. The van der Waals surface area contributed by atoms with E-state index in [1.807, 2.05) is 0 Å². The van der Waals surface area contributed by atoms with Crippen molar-refractivity contribution in [1.29, 1.82) is 0 Å². The Bertz CT molecular complexity index is 1560. The first-order chi connectivity index (χ1) is 19.7. The summed E-state index contributed by atoms with van der Waals surface area (Å²) in [5, 5.41) is 8.34. The first-order valence-corrected chi connectivity index (χ1v) is 12.5. The number of methoxy groups -OCH3 is 1. The van der Waals surface area contributed by atoms with E-state index in [0.717, 1.165) is 18.6 Å². The van der Waals surface area contributed by atoms with Crippen molar-refractivity contribution in [1.82, 2.24) is 19.9 Å². The average Bonchev–Trinajstić information content (AvgIpc) is 2.93. The molecule has 14 heteroatoms. The number of nitrogens with zero attached hydrogens (tertiary/aromatic N) is 3. The van der Waals surface area contributed by atoms with Gasteiger partial charge in [0.05, 0.1) is 11.3 Å². The third-order valence-electron chi connectivity index (χ3n) is 5.90. The number of aromatic nitrogens is 3. The van der Waals surface area contributed by atoms with Gasteiger partial charge in [-0.2, -0.15) is 13.2 Å². The number of rotatable bonds is 11. The van der Waals surface area contributed by atoms with E-state index in [2.05, 4.69) is 25.9 Å². The minimum Gasteiger partial charge on any atom is -0.490 e. The smallest absolute Gasteiger partial charge is 0.416 e. The van der Waals surface area contributed by atoms with Crippen molar-refractivity contribution in [3.8, 4) is 11.4 Å². The average molecular weight is 572 g/mol. The molecule has 0 bridgehead atoms. The van der Waals surface area contributed by atoms with Gasteiger partial charge < -0.3 is 35.7 Å². The van der Waals surface area contributed by atoms with Crippen molar-refractivity contribution >= 4 is 34.3 Å². The first kappa shape index (κ1) is 29.3. The SMILES string of the molecule is COCCCNCCOc1ccc(C(F)(F)F)cc1NC(=O)Nc1ccc(-n2ccc(=O)c3c(N)ncnc32)cc1. The number of carbonyl (C=O) groups excluding carboxylic acids is 1. The lowest BCUT2D eigenvalue weighted by molar-refractivity contribution is -0.137. The molecule has 4 aromatic rings. The molecule has 0 atom stereocenters. The molecular weight excluding hydrogens is 543 g/mol. The van der Waals surface area contributed by atoms with E-state index in [1.54, 1.807) is 35.9 Å². The number of anilines is 3. The topological polar surface area (TPSA) is 145 Å². The molecular formula is C27H28F3N7O4. The van der Waals surface area contributed by atoms with Gasteiger partial charge in [-0.1, -0.05) is 0 Å². The van der Waals surface area contributed by atoms with Crippen molar-refractivity contribution in [2.45, 2.75) is 12.6 Å². The van der Waals surface area contributed by atoms with E-state index in [4.69, 9.17) is 15.2 Å². The molecule has 41 heavy (non-hydrogen) atoms. The van der Waals surface area contributed by atoms with E-state index < -0.39 is 17.8 Å². The van der Waals surface area contributed by atoms with E-state index in [9.17, 15) is 22.8 Å². The molecule has 0 saturated heterocycles. The van der Waals surface area contributed by atoms with E-state index in [0.29, 0.717) is 36.7 Å². The largest absolute Gasteiger partial charge is 0.490 e. The summed E-state index contributed by atoms with van der Waals surface area (Å²) in [4.78, 5) is 33.0. The number of hydrogen-bond donors (Lipinski definition) is 4. The van der Waals surface area contributed by atoms with Gasteiger partial charge in [-0.25, -0.2) is 14.8 Å². The standard InChI is InChI=1S/C27H28F3N7O4/c1-40-13-2-10-32-11-14-41-22-8-3-17(27(28,29)30)15-20(22)36-26(39)35-18-4-6-19(7-5-18)37-12-9-21(38)23-24(31)33-16-34-25(23)37/h3-9,12,15-16,32H,2,10-11,13-14H2,1H3,(H2,31,33,34)(H2,35,36,39). The van der Waals surface area contributed by atoms with Crippen LogP contribution in [0.2, 0.25) is 0 Å². The quantitative estimate of drug-likeness (QED) is 0.198. The van der Waals surface area contributed by atoms with Crippen LogP contribution in [0.5, 0.6) is 5.75 Å². The summed E-state index contributed by atoms with van der Waals surface area (Å²) in [6, 6.07) is 9.95. The molecule has 0 aliphatic heterocycles. The normalized spacial score (nSPS) is 11.4. The van der Waals surface area contributed by atoms with Crippen LogP contribution in [0.15, 0.2) is 65.8 Å². The third-order valence-corrected chi connectivity index (χ3v) is 5.90. The number of amides is 2. The lowest BCUT2D eigenvalue weighted by atomic mass is 10.2. The minimum absolute atomic E-state index is 0.0561. The number of alkyl halides is 3. The van der Waals surface area contributed by atoms with Crippen molar-refractivity contribution in [2.24, 2.45) is 0 Å². The summed E-state index contributed by atoms with van der Waals surface area (Å²) < 4.78 is 52.2. The van der Waals surface area contributed by atoms with Crippen molar-refractivity contribution in [3.63, 3.8) is 0 Å². The maximum atomic E-state index is 13.3. The second-order valence-electron chi connectivity index (χ2n) is 8.79. The Hall–Kier alpha value is -4.69. The Kier molecular flexibility index (Phi) is 9.37. The molecule has 216 valence electrons. The number of ether oxygens (including phenoxy) is 2. The van der Waals surface area contributed by atoms with Gasteiger partial charge in [0.15, 0.2) is 11.1 Å². The zero-order chi connectivity index (χ0) is 29.4. The molecule has 4 rings (SSSR count). The fourth-order valence-electron chi connectivity index (χ4n) is 3.93. The van der Waals surface area contributed by atoms with Gasteiger partial charge in [-0.05, 0) is 55.4 Å². The maximum Gasteiger partial charge on any atom is 0.416 e. The van der Waals surface area contributed by atoms with Gasteiger partial charge in [0.25, 0.3) is 0 Å². The van der Waals surface area contributed by atoms with E-state index >= 15 is 0 Å². The molecule has 0 unspecified atom stereocenters. The number of benzene rings is 2. The van der Waals surface area contributed by atoms with Crippen LogP contribution in [-0.2, 0) is 10.9 Å². The molecule has 5 N–H and O–H groups in total. The monoisotopic (exact) mass is 571 g/mol. The van der Waals surface area contributed by atoms with Crippen LogP contribution in [0.4, 0.5) is 35.2 Å². The second-order valence-corrected chi connectivity index (χ2v) is 8.79. The minimum atomic E-state index is -4.61. The molecule has 2 amide bonds. The van der Waals surface area contributed by atoms with Crippen LogP contribution >= 0.6 is 0 Å².